The summed E-state index contributed by atoms with van der Waals surface area (Å²) in [4.78, 5) is 14.3. The lowest BCUT2D eigenvalue weighted by Gasteiger charge is -2.12. The molecule has 19 heavy (non-hydrogen) atoms. The third-order valence-corrected chi connectivity index (χ3v) is 2.53. The van der Waals surface area contributed by atoms with Crippen molar-refractivity contribution in [1.82, 2.24) is 4.98 Å². The second-order valence-electron chi connectivity index (χ2n) is 3.71. The van der Waals surface area contributed by atoms with Crippen LogP contribution in [0, 0.1) is 10.1 Å². The Kier molecular flexibility index (Phi) is 3.93. The SMILES string of the molecule is COC(CNc1nc2cc([N+](=O)[O-])ccc2o1)OC. The highest BCUT2D eigenvalue weighted by atomic mass is 16.7. The molecule has 0 atom stereocenters. The predicted molar refractivity (Wildman–Crippen MR) is 67.0 cm³/mol. The van der Waals surface area contributed by atoms with Crippen LogP contribution >= 0.6 is 0 Å². The van der Waals surface area contributed by atoms with E-state index in [9.17, 15) is 10.1 Å². The number of aromatic nitrogens is 1. The maximum Gasteiger partial charge on any atom is 0.295 e. The number of nitro benzene ring substituents is 1. The van der Waals surface area contributed by atoms with Gasteiger partial charge in [0.1, 0.15) is 5.52 Å². The minimum Gasteiger partial charge on any atom is -0.424 e. The number of nitrogens with one attached hydrogen (secondary N) is 1. The molecule has 8 heteroatoms. The standard InChI is InChI=1S/C11H13N3O5/c1-17-10(18-2)6-12-11-13-8-5-7(14(15)16)3-4-9(8)19-11/h3-5,10H,6H2,1-2H3,(H,12,13). The van der Waals surface area contributed by atoms with Crippen LogP contribution in [0.15, 0.2) is 22.6 Å². The van der Waals surface area contributed by atoms with E-state index in [0.717, 1.165) is 0 Å². The van der Waals surface area contributed by atoms with Crippen LogP contribution in [0.1, 0.15) is 0 Å². The van der Waals surface area contributed by atoms with E-state index in [-0.39, 0.29) is 11.7 Å². The first kappa shape index (κ1) is 13.2. The zero-order valence-electron chi connectivity index (χ0n) is 10.5. The first-order valence-electron chi connectivity index (χ1n) is 5.48. The topological polar surface area (TPSA) is 99.7 Å². The average Bonchev–Trinajstić information content (AvgIpc) is 2.81. The summed E-state index contributed by atoms with van der Waals surface area (Å²) in [6.07, 6.45) is -0.427. The fourth-order valence-electron chi connectivity index (χ4n) is 1.54. The van der Waals surface area contributed by atoms with E-state index in [0.29, 0.717) is 17.6 Å². The molecule has 0 saturated heterocycles. The van der Waals surface area contributed by atoms with E-state index in [1.54, 1.807) is 0 Å². The van der Waals surface area contributed by atoms with Gasteiger partial charge in [-0.25, -0.2) is 0 Å². The molecule has 0 fully saturated rings. The van der Waals surface area contributed by atoms with Crippen molar-refractivity contribution in [3.05, 3.63) is 28.3 Å². The van der Waals surface area contributed by atoms with Gasteiger partial charge in [-0.3, -0.25) is 10.1 Å². The number of benzene rings is 1. The first-order valence-corrected chi connectivity index (χ1v) is 5.48. The van der Waals surface area contributed by atoms with Crippen molar-refractivity contribution in [2.75, 3.05) is 26.1 Å². The molecular weight excluding hydrogens is 254 g/mol. The minimum atomic E-state index is -0.479. The van der Waals surface area contributed by atoms with Crippen molar-refractivity contribution in [1.29, 1.82) is 0 Å². The quantitative estimate of drug-likeness (QED) is 0.483. The lowest BCUT2D eigenvalue weighted by molar-refractivity contribution is -0.384. The van der Waals surface area contributed by atoms with Crippen LogP contribution in [-0.4, -0.2) is 37.0 Å². The molecule has 8 nitrogen and oxygen atoms in total. The van der Waals surface area contributed by atoms with E-state index in [4.69, 9.17) is 13.9 Å². The summed E-state index contributed by atoms with van der Waals surface area (Å²) in [5.41, 5.74) is 0.863. The van der Waals surface area contributed by atoms with Gasteiger partial charge in [0.15, 0.2) is 11.9 Å². The van der Waals surface area contributed by atoms with Crippen molar-refractivity contribution in [3.8, 4) is 0 Å². The molecule has 0 aliphatic heterocycles. The van der Waals surface area contributed by atoms with E-state index in [1.807, 2.05) is 0 Å². The van der Waals surface area contributed by atoms with E-state index >= 15 is 0 Å². The molecule has 0 aliphatic carbocycles. The van der Waals surface area contributed by atoms with Gasteiger partial charge < -0.3 is 19.2 Å². The maximum absolute atomic E-state index is 10.6. The third-order valence-electron chi connectivity index (χ3n) is 2.53. The highest BCUT2D eigenvalue weighted by Gasteiger charge is 2.12. The van der Waals surface area contributed by atoms with Gasteiger partial charge in [0, 0.05) is 26.4 Å². The van der Waals surface area contributed by atoms with Gasteiger partial charge in [-0.15, -0.1) is 0 Å². The summed E-state index contributed by atoms with van der Waals surface area (Å²) in [5.74, 6) is 0. The zero-order chi connectivity index (χ0) is 13.8. The molecule has 0 spiro atoms. The molecule has 2 aromatic rings. The Hall–Kier alpha value is -2.19. The summed E-state index contributed by atoms with van der Waals surface area (Å²) in [6, 6.07) is 4.49. The number of methoxy groups -OCH3 is 2. The van der Waals surface area contributed by atoms with Gasteiger partial charge in [0.05, 0.1) is 11.5 Å². The molecule has 0 radical (unpaired) electrons. The van der Waals surface area contributed by atoms with Crippen LogP contribution in [0.2, 0.25) is 0 Å². The monoisotopic (exact) mass is 267 g/mol. The van der Waals surface area contributed by atoms with Crippen molar-refractivity contribution in [2.45, 2.75) is 6.29 Å². The maximum atomic E-state index is 10.6. The summed E-state index contributed by atoms with van der Waals surface area (Å²) in [7, 11) is 3.04. The molecule has 1 heterocycles. The van der Waals surface area contributed by atoms with Gasteiger partial charge in [-0.05, 0) is 6.07 Å². The smallest absolute Gasteiger partial charge is 0.295 e. The number of rotatable bonds is 6. The van der Waals surface area contributed by atoms with E-state index < -0.39 is 11.2 Å². The largest absolute Gasteiger partial charge is 0.424 e. The molecule has 1 aromatic heterocycles. The normalized spacial score (nSPS) is 11.1. The fourth-order valence-corrected chi connectivity index (χ4v) is 1.54. The van der Waals surface area contributed by atoms with Gasteiger partial charge >= 0.3 is 0 Å². The lowest BCUT2D eigenvalue weighted by Crippen LogP contribution is -2.23. The van der Waals surface area contributed by atoms with Crippen LogP contribution in [0.5, 0.6) is 0 Å². The number of non-ortho nitro benzene ring substituents is 1. The summed E-state index contributed by atoms with van der Waals surface area (Å²) >= 11 is 0. The van der Waals surface area contributed by atoms with Gasteiger partial charge in [0.2, 0.25) is 0 Å². The van der Waals surface area contributed by atoms with Gasteiger partial charge in [-0.1, -0.05) is 0 Å². The molecule has 0 amide bonds. The minimum absolute atomic E-state index is 0.0287. The Bertz CT molecular complexity index is 579. The second-order valence-corrected chi connectivity index (χ2v) is 3.71. The Morgan fingerprint density at radius 1 is 1.47 bits per heavy atom. The third kappa shape index (κ3) is 2.98. The molecule has 1 aromatic carbocycles. The molecule has 0 unspecified atom stereocenters. The van der Waals surface area contributed by atoms with Gasteiger partial charge in [0.25, 0.3) is 11.7 Å². The molecule has 102 valence electrons. The molecule has 2 rings (SSSR count). The van der Waals surface area contributed by atoms with E-state index in [2.05, 4.69) is 10.3 Å². The summed E-state index contributed by atoms with van der Waals surface area (Å²) in [6.45, 7) is 0.349. The highest BCUT2D eigenvalue weighted by Crippen LogP contribution is 2.23. The van der Waals surface area contributed by atoms with Crippen molar-refractivity contribution in [2.24, 2.45) is 0 Å². The number of oxazole rings is 1. The zero-order valence-corrected chi connectivity index (χ0v) is 10.5. The van der Waals surface area contributed by atoms with E-state index in [1.165, 1.54) is 32.4 Å². The summed E-state index contributed by atoms with van der Waals surface area (Å²) in [5, 5.41) is 13.5. The number of fused-ring (bicyclic) bond motifs is 1. The number of hydrogen-bond donors (Lipinski definition) is 1. The van der Waals surface area contributed by atoms with Gasteiger partial charge in [-0.2, -0.15) is 4.98 Å². The highest BCUT2D eigenvalue weighted by molar-refractivity contribution is 5.77. The molecular formula is C11H13N3O5. The second kappa shape index (κ2) is 5.63. The first-order chi connectivity index (χ1) is 9.13. The molecule has 0 bridgehead atoms. The number of nitrogens with zero attached hydrogens (tertiary/aromatic N) is 2. The van der Waals surface area contributed by atoms with Crippen LogP contribution < -0.4 is 5.32 Å². The summed E-state index contributed by atoms with van der Waals surface area (Å²) < 4.78 is 15.4. The van der Waals surface area contributed by atoms with Crippen LogP contribution in [-0.2, 0) is 9.47 Å². The van der Waals surface area contributed by atoms with Crippen LogP contribution in [0.4, 0.5) is 11.7 Å². The Morgan fingerprint density at radius 2 is 2.21 bits per heavy atom. The molecule has 0 saturated carbocycles. The average molecular weight is 267 g/mol. The van der Waals surface area contributed by atoms with Crippen molar-refractivity contribution >= 4 is 22.8 Å². The Balaban J connectivity index is 2.15. The number of ether oxygens (including phenoxy) is 2. The molecule has 0 aliphatic rings. The number of anilines is 1. The lowest BCUT2D eigenvalue weighted by atomic mass is 10.3. The van der Waals surface area contributed by atoms with Crippen molar-refractivity contribution < 1.29 is 18.8 Å². The predicted octanol–water partition coefficient (Wildman–Crippen LogP) is 1.77. The van der Waals surface area contributed by atoms with Crippen LogP contribution in [0.25, 0.3) is 11.1 Å². The Labute approximate surface area is 108 Å². The van der Waals surface area contributed by atoms with Crippen molar-refractivity contribution in [3.63, 3.8) is 0 Å². The number of nitro groups is 1. The fraction of sp³-hybridized carbons (Fsp3) is 0.364. The Morgan fingerprint density at radius 3 is 2.84 bits per heavy atom. The molecule has 1 N–H and O–H groups in total. The van der Waals surface area contributed by atoms with Crippen LogP contribution in [0.3, 0.4) is 0 Å². The number of hydrogen-bond acceptors (Lipinski definition) is 7.